The number of benzene rings is 2. The molecule has 0 fully saturated rings. The van der Waals surface area contributed by atoms with Crippen molar-refractivity contribution in [1.82, 2.24) is 0 Å². The molecular formula is C16H16F2N2O. The zero-order valence-corrected chi connectivity index (χ0v) is 11.4. The standard InChI is InChI=1S/C16H16F2N2O/c17-14-6-3-12(9-15(14)18)10-16(21)20-13-4-1-11(2-5-13)7-8-19/h1-6,9H,7-8,10,19H2,(H,20,21). The molecule has 0 aromatic heterocycles. The van der Waals surface area contributed by atoms with Crippen LogP contribution in [-0.2, 0) is 17.6 Å². The number of rotatable bonds is 5. The molecule has 0 saturated carbocycles. The summed E-state index contributed by atoms with van der Waals surface area (Å²) in [4.78, 5) is 11.8. The lowest BCUT2D eigenvalue weighted by Crippen LogP contribution is -2.14. The third-order valence-corrected chi connectivity index (χ3v) is 3.02. The molecule has 0 saturated heterocycles. The number of nitrogens with one attached hydrogen (secondary N) is 1. The molecule has 2 aromatic carbocycles. The number of anilines is 1. The van der Waals surface area contributed by atoms with E-state index in [4.69, 9.17) is 5.73 Å². The third kappa shape index (κ3) is 4.36. The van der Waals surface area contributed by atoms with Crippen LogP contribution < -0.4 is 11.1 Å². The smallest absolute Gasteiger partial charge is 0.228 e. The first-order chi connectivity index (χ1) is 10.1. The molecule has 0 aliphatic heterocycles. The lowest BCUT2D eigenvalue weighted by molar-refractivity contribution is -0.115. The number of carbonyl (C=O) groups excluding carboxylic acids is 1. The summed E-state index contributed by atoms with van der Waals surface area (Å²) in [5.41, 5.74) is 7.63. The summed E-state index contributed by atoms with van der Waals surface area (Å²) in [7, 11) is 0. The molecule has 5 heteroatoms. The van der Waals surface area contributed by atoms with Gasteiger partial charge in [-0.15, -0.1) is 0 Å². The van der Waals surface area contributed by atoms with Gasteiger partial charge in [0.25, 0.3) is 0 Å². The Morgan fingerprint density at radius 3 is 2.29 bits per heavy atom. The van der Waals surface area contributed by atoms with Crippen LogP contribution in [0.4, 0.5) is 14.5 Å². The van der Waals surface area contributed by atoms with Crippen molar-refractivity contribution in [3.8, 4) is 0 Å². The van der Waals surface area contributed by atoms with Gasteiger partial charge < -0.3 is 11.1 Å². The fourth-order valence-electron chi connectivity index (χ4n) is 1.96. The molecule has 0 atom stereocenters. The van der Waals surface area contributed by atoms with Gasteiger partial charge in [-0.1, -0.05) is 18.2 Å². The molecule has 0 radical (unpaired) electrons. The minimum absolute atomic E-state index is 0.0122. The SMILES string of the molecule is NCCc1ccc(NC(=O)Cc2ccc(F)c(F)c2)cc1. The number of amides is 1. The number of hydrogen-bond acceptors (Lipinski definition) is 2. The van der Waals surface area contributed by atoms with Gasteiger partial charge in [0.2, 0.25) is 5.91 Å². The first-order valence-corrected chi connectivity index (χ1v) is 6.61. The predicted molar refractivity (Wildman–Crippen MR) is 77.9 cm³/mol. The Morgan fingerprint density at radius 2 is 1.67 bits per heavy atom. The maximum Gasteiger partial charge on any atom is 0.228 e. The largest absolute Gasteiger partial charge is 0.330 e. The molecule has 0 heterocycles. The van der Waals surface area contributed by atoms with E-state index in [1.54, 1.807) is 12.1 Å². The molecule has 110 valence electrons. The van der Waals surface area contributed by atoms with Crippen LogP contribution >= 0.6 is 0 Å². The number of hydrogen-bond donors (Lipinski definition) is 2. The van der Waals surface area contributed by atoms with Gasteiger partial charge in [-0.3, -0.25) is 4.79 Å². The highest BCUT2D eigenvalue weighted by atomic mass is 19.2. The van der Waals surface area contributed by atoms with E-state index < -0.39 is 11.6 Å². The van der Waals surface area contributed by atoms with Gasteiger partial charge in [-0.2, -0.15) is 0 Å². The van der Waals surface area contributed by atoms with E-state index in [-0.39, 0.29) is 12.3 Å². The van der Waals surface area contributed by atoms with Crippen LogP contribution in [-0.4, -0.2) is 12.5 Å². The van der Waals surface area contributed by atoms with Gasteiger partial charge in [0.1, 0.15) is 0 Å². The van der Waals surface area contributed by atoms with E-state index in [0.717, 1.165) is 24.1 Å². The van der Waals surface area contributed by atoms with Crippen molar-refractivity contribution in [2.24, 2.45) is 5.73 Å². The molecule has 2 aromatic rings. The minimum atomic E-state index is -0.952. The van der Waals surface area contributed by atoms with Crippen molar-refractivity contribution < 1.29 is 13.6 Å². The second kappa shape index (κ2) is 6.95. The zero-order chi connectivity index (χ0) is 15.2. The number of nitrogens with two attached hydrogens (primary N) is 1. The minimum Gasteiger partial charge on any atom is -0.330 e. The summed E-state index contributed by atoms with van der Waals surface area (Å²) in [6, 6.07) is 10.8. The van der Waals surface area contributed by atoms with Gasteiger partial charge in [0.05, 0.1) is 6.42 Å². The van der Waals surface area contributed by atoms with Crippen molar-refractivity contribution in [1.29, 1.82) is 0 Å². The van der Waals surface area contributed by atoms with E-state index in [1.165, 1.54) is 6.07 Å². The Labute approximate surface area is 121 Å². The van der Waals surface area contributed by atoms with Crippen molar-refractivity contribution in [3.05, 3.63) is 65.2 Å². The summed E-state index contributed by atoms with van der Waals surface area (Å²) in [5.74, 6) is -2.16. The first kappa shape index (κ1) is 15.1. The lowest BCUT2D eigenvalue weighted by atomic mass is 10.1. The Kier molecular flexibility index (Phi) is 5.00. The Balaban J connectivity index is 1.96. The van der Waals surface area contributed by atoms with Crippen LogP contribution in [0.3, 0.4) is 0 Å². The second-order valence-corrected chi connectivity index (χ2v) is 4.71. The van der Waals surface area contributed by atoms with Gasteiger partial charge in [-0.05, 0) is 48.4 Å². The molecule has 2 rings (SSSR count). The molecule has 1 amide bonds. The van der Waals surface area contributed by atoms with Crippen LogP contribution in [0.15, 0.2) is 42.5 Å². The van der Waals surface area contributed by atoms with Gasteiger partial charge in [0.15, 0.2) is 11.6 Å². The summed E-state index contributed by atoms with van der Waals surface area (Å²) in [5, 5.41) is 2.71. The van der Waals surface area contributed by atoms with Crippen molar-refractivity contribution in [2.45, 2.75) is 12.8 Å². The van der Waals surface area contributed by atoms with Crippen molar-refractivity contribution in [3.63, 3.8) is 0 Å². The number of halogens is 2. The lowest BCUT2D eigenvalue weighted by Gasteiger charge is -2.07. The predicted octanol–water partition coefficient (Wildman–Crippen LogP) is 2.65. The summed E-state index contributed by atoms with van der Waals surface area (Å²) >= 11 is 0. The fraction of sp³-hybridized carbons (Fsp3) is 0.188. The average molecular weight is 290 g/mol. The topological polar surface area (TPSA) is 55.1 Å². The average Bonchev–Trinajstić information content (AvgIpc) is 2.45. The highest BCUT2D eigenvalue weighted by molar-refractivity contribution is 5.92. The summed E-state index contributed by atoms with van der Waals surface area (Å²) < 4.78 is 25.9. The molecule has 0 aliphatic rings. The summed E-state index contributed by atoms with van der Waals surface area (Å²) in [6.07, 6.45) is 0.769. The van der Waals surface area contributed by atoms with Crippen LogP contribution in [0.1, 0.15) is 11.1 Å². The van der Waals surface area contributed by atoms with Crippen LogP contribution in [0.2, 0.25) is 0 Å². The van der Waals surface area contributed by atoms with Crippen LogP contribution in [0.25, 0.3) is 0 Å². The van der Waals surface area contributed by atoms with Crippen molar-refractivity contribution >= 4 is 11.6 Å². The first-order valence-electron chi connectivity index (χ1n) is 6.61. The van der Waals surface area contributed by atoms with E-state index in [9.17, 15) is 13.6 Å². The van der Waals surface area contributed by atoms with Gasteiger partial charge >= 0.3 is 0 Å². The monoisotopic (exact) mass is 290 g/mol. The molecular weight excluding hydrogens is 274 g/mol. The molecule has 0 bridgehead atoms. The van der Waals surface area contributed by atoms with E-state index >= 15 is 0 Å². The van der Waals surface area contributed by atoms with Crippen LogP contribution in [0.5, 0.6) is 0 Å². The summed E-state index contributed by atoms with van der Waals surface area (Å²) in [6.45, 7) is 0.571. The Bertz CT molecular complexity index is 627. The number of carbonyl (C=O) groups is 1. The zero-order valence-electron chi connectivity index (χ0n) is 11.4. The maximum absolute atomic E-state index is 13.1. The molecule has 0 unspecified atom stereocenters. The second-order valence-electron chi connectivity index (χ2n) is 4.71. The van der Waals surface area contributed by atoms with E-state index in [2.05, 4.69) is 5.32 Å². The third-order valence-electron chi connectivity index (χ3n) is 3.02. The quantitative estimate of drug-likeness (QED) is 0.889. The molecule has 3 nitrogen and oxygen atoms in total. The Hall–Kier alpha value is -2.27. The molecule has 0 spiro atoms. The highest BCUT2D eigenvalue weighted by Gasteiger charge is 2.07. The molecule has 0 aliphatic carbocycles. The fourth-order valence-corrected chi connectivity index (χ4v) is 1.96. The van der Waals surface area contributed by atoms with Crippen LogP contribution in [0, 0.1) is 11.6 Å². The Morgan fingerprint density at radius 1 is 1.00 bits per heavy atom. The van der Waals surface area contributed by atoms with E-state index in [1.807, 2.05) is 12.1 Å². The maximum atomic E-state index is 13.1. The van der Waals surface area contributed by atoms with Gasteiger partial charge in [-0.25, -0.2) is 8.78 Å². The van der Waals surface area contributed by atoms with E-state index in [0.29, 0.717) is 17.8 Å². The normalized spacial score (nSPS) is 10.4. The van der Waals surface area contributed by atoms with Crippen molar-refractivity contribution in [2.75, 3.05) is 11.9 Å². The van der Waals surface area contributed by atoms with Gasteiger partial charge in [0, 0.05) is 5.69 Å². The highest BCUT2D eigenvalue weighted by Crippen LogP contribution is 2.12. The molecule has 21 heavy (non-hydrogen) atoms. The molecule has 3 N–H and O–H groups in total.